The molecule has 0 bridgehead atoms. The van der Waals surface area contributed by atoms with Crippen LogP contribution in [0.15, 0.2) is 66.9 Å². The normalized spacial score (nSPS) is 11.5. The van der Waals surface area contributed by atoms with E-state index >= 15 is 0 Å². The summed E-state index contributed by atoms with van der Waals surface area (Å²) in [5.74, 6) is -0.309. The number of nitrogens with one attached hydrogen (secondary N) is 1. The van der Waals surface area contributed by atoms with Gasteiger partial charge in [-0.2, -0.15) is 0 Å². The van der Waals surface area contributed by atoms with Crippen LogP contribution in [0.4, 0.5) is 17.2 Å². The van der Waals surface area contributed by atoms with E-state index in [1.807, 2.05) is 0 Å². The molecule has 0 spiro atoms. The zero-order valence-electron chi connectivity index (χ0n) is 16.5. The van der Waals surface area contributed by atoms with E-state index in [2.05, 4.69) is 10.3 Å². The lowest BCUT2D eigenvalue weighted by atomic mass is 9.97. The van der Waals surface area contributed by atoms with Crippen molar-refractivity contribution in [1.82, 2.24) is 4.98 Å². The molecule has 9 heteroatoms. The summed E-state index contributed by atoms with van der Waals surface area (Å²) >= 11 is 0. The standard InChI is InChI=1S/C22H21N5O4/c23-20(19(28)12-5-14-3-10-17(11-4-14)27(30)31)15-6-8-16(9-7-15)22(29)26-18-2-1-13-25-21(18)24/h1-4,6-11,13,20H,5,12,23H2,(H2,24,25)(H,26,29). The zero-order valence-corrected chi connectivity index (χ0v) is 16.5. The molecule has 0 aliphatic rings. The van der Waals surface area contributed by atoms with E-state index in [1.165, 1.54) is 18.3 Å². The van der Waals surface area contributed by atoms with Gasteiger partial charge in [-0.05, 0) is 41.8 Å². The van der Waals surface area contributed by atoms with Crippen LogP contribution in [-0.2, 0) is 11.2 Å². The number of ketones is 1. The van der Waals surface area contributed by atoms with Crippen molar-refractivity contribution in [2.45, 2.75) is 18.9 Å². The number of nitrogens with two attached hydrogens (primary N) is 2. The van der Waals surface area contributed by atoms with Crippen LogP contribution in [0.5, 0.6) is 0 Å². The molecule has 0 saturated carbocycles. The predicted octanol–water partition coefficient (Wildman–Crippen LogP) is 3.03. The number of nitro groups is 1. The number of carbonyl (C=O) groups excluding carboxylic acids is 2. The first-order valence-electron chi connectivity index (χ1n) is 9.48. The lowest BCUT2D eigenvalue weighted by Gasteiger charge is -2.12. The summed E-state index contributed by atoms with van der Waals surface area (Å²) in [4.78, 5) is 39.0. The molecule has 158 valence electrons. The van der Waals surface area contributed by atoms with Crippen LogP contribution in [0, 0.1) is 10.1 Å². The highest BCUT2D eigenvalue weighted by Gasteiger charge is 2.17. The summed E-state index contributed by atoms with van der Waals surface area (Å²) in [6, 6.07) is 15.0. The molecule has 1 unspecified atom stereocenters. The Labute approximate surface area is 178 Å². The Kier molecular flexibility index (Phi) is 6.68. The van der Waals surface area contributed by atoms with Gasteiger partial charge in [-0.1, -0.05) is 24.3 Å². The number of Topliss-reactive ketones (excluding diaryl/α,β-unsaturated/α-hetero) is 1. The number of pyridine rings is 1. The number of carbonyl (C=O) groups is 2. The van der Waals surface area contributed by atoms with Gasteiger partial charge in [0.05, 0.1) is 16.7 Å². The Balaban J connectivity index is 1.58. The number of benzene rings is 2. The van der Waals surface area contributed by atoms with Crippen LogP contribution in [0.3, 0.4) is 0 Å². The smallest absolute Gasteiger partial charge is 0.269 e. The van der Waals surface area contributed by atoms with Crippen LogP contribution < -0.4 is 16.8 Å². The third-order valence-electron chi connectivity index (χ3n) is 4.77. The van der Waals surface area contributed by atoms with Gasteiger partial charge in [0.2, 0.25) is 0 Å². The van der Waals surface area contributed by atoms with Crippen molar-refractivity contribution < 1.29 is 14.5 Å². The van der Waals surface area contributed by atoms with Gasteiger partial charge in [0.25, 0.3) is 11.6 Å². The van der Waals surface area contributed by atoms with Crippen molar-refractivity contribution >= 4 is 28.9 Å². The van der Waals surface area contributed by atoms with Crippen molar-refractivity contribution in [2.75, 3.05) is 11.1 Å². The van der Waals surface area contributed by atoms with Crippen LogP contribution in [0.2, 0.25) is 0 Å². The van der Waals surface area contributed by atoms with Gasteiger partial charge in [-0.15, -0.1) is 0 Å². The summed E-state index contributed by atoms with van der Waals surface area (Å²) in [6.45, 7) is 0. The Morgan fingerprint density at radius 1 is 1.06 bits per heavy atom. The fourth-order valence-electron chi connectivity index (χ4n) is 2.95. The molecule has 3 aromatic rings. The van der Waals surface area contributed by atoms with Crippen molar-refractivity contribution in [3.63, 3.8) is 0 Å². The number of aromatic nitrogens is 1. The highest BCUT2D eigenvalue weighted by atomic mass is 16.6. The molecule has 0 saturated heterocycles. The Morgan fingerprint density at radius 3 is 2.35 bits per heavy atom. The van der Waals surface area contributed by atoms with Gasteiger partial charge in [-0.25, -0.2) is 4.98 Å². The maximum absolute atomic E-state index is 12.5. The topological polar surface area (TPSA) is 154 Å². The third-order valence-corrected chi connectivity index (χ3v) is 4.77. The minimum Gasteiger partial charge on any atom is -0.382 e. The monoisotopic (exact) mass is 419 g/mol. The van der Waals surface area contributed by atoms with Crippen LogP contribution in [0.25, 0.3) is 0 Å². The number of rotatable bonds is 8. The molecule has 31 heavy (non-hydrogen) atoms. The number of non-ortho nitro benzene ring substituents is 1. The summed E-state index contributed by atoms with van der Waals surface area (Å²) in [5.41, 5.74) is 14.0. The minimum atomic E-state index is -0.830. The molecule has 1 amide bonds. The van der Waals surface area contributed by atoms with Gasteiger partial charge < -0.3 is 16.8 Å². The van der Waals surface area contributed by atoms with Crippen LogP contribution >= 0.6 is 0 Å². The molecule has 1 atom stereocenters. The second kappa shape index (κ2) is 9.59. The van der Waals surface area contributed by atoms with E-state index in [4.69, 9.17) is 11.5 Å². The predicted molar refractivity (Wildman–Crippen MR) is 116 cm³/mol. The Hall–Kier alpha value is -4.11. The number of amides is 1. The Morgan fingerprint density at radius 2 is 1.74 bits per heavy atom. The van der Waals surface area contributed by atoms with Gasteiger partial charge in [0.15, 0.2) is 5.78 Å². The maximum Gasteiger partial charge on any atom is 0.269 e. The fourth-order valence-corrected chi connectivity index (χ4v) is 2.95. The second-order valence-electron chi connectivity index (χ2n) is 6.88. The van der Waals surface area contributed by atoms with Crippen molar-refractivity contribution in [3.05, 3.63) is 93.7 Å². The lowest BCUT2D eigenvalue weighted by molar-refractivity contribution is -0.384. The van der Waals surface area contributed by atoms with Gasteiger partial charge in [0.1, 0.15) is 5.82 Å². The number of nitrogen functional groups attached to an aromatic ring is 1. The van der Waals surface area contributed by atoms with E-state index in [1.54, 1.807) is 48.5 Å². The quantitative estimate of drug-likeness (QED) is 0.374. The van der Waals surface area contributed by atoms with E-state index in [0.29, 0.717) is 23.2 Å². The molecular formula is C22H21N5O4. The highest BCUT2D eigenvalue weighted by Crippen LogP contribution is 2.19. The Bertz CT molecular complexity index is 1100. The fraction of sp³-hybridized carbons (Fsp3) is 0.136. The van der Waals surface area contributed by atoms with E-state index in [-0.39, 0.29) is 29.6 Å². The summed E-state index contributed by atoms with van der Waals surface area (Å²) < 4.78 is 0. The second-order valence-corrected chi connectivity index (χ2v) is 6.88. The van der Waals surface area contributed by atoms with Crippen molar-refractivity contribution in [3.8, 4) is 0 Å². The molecule has 5 N–H and O–H groups in total. The molecular weight excluding hydrogens is 398 g/mol. The SMILES string of the molecule is Nc1ncccc1NC(=O)c1ccc(C(N)C(=O)CCc2ccc([N+](=O)[O-])cc2)cc1. The van der Waals surface area contributed by atoms with Crippen LogP contribution in [-0.4, -0.2) is 21.6 Å². The first kappa shape index (κ1) is 21.6. The maximum atomic E-state index is 12.5. The molecule has 3 rings (SSSR count). The summed E-state index contributed by atoms with van der Waals surface area (Å²) in [7, 11) is 0. The molecule has 1 heterocycles. The summed E-state index contributed by atoms with van der Waals surface area (Å²) in [5, 5.41) is 13.4. The third kappa shape index (κ3) is 5.49. The molecule has 1 aromatic heterocycles. The average Bonchev–Trinajstić information content (AvgIpc) is 2.78. The zero-order chi connectivity index (χ0) is 22.4. The van der Waals surface area contributed by atoms with Crippen LogP contribution in [0.1, 0.15) is 33.9 Å². The number of nitrogens with zero attached hydrogens (tertiary/aromatic N) is 2. The number of hydrogen-bond acceptors (Lipinski definition) is 7. The first-order chi connectivity index (χ1) is 14.8. The number of hydrogen-bond donors (Lipinski definition) is 3. The minimum absolute atomic E-state index is 0.00196. The van der Waals surface area contributed by atoms with E-state index in [9.17, 15) is 19.7 Å². The first-order valence-corrected chi connectivity index (χ1v) is 9.48. The van der Waals surface area contributed by atoms with E-state index < -0.39 is 11.0 Å². The molecule has 0 aliphatic carbocycles. The van der Waals surface area contributed by atoms with Gasteiger partial charge >= 0.3 is 0 Å². The summed E-state index contributed by atoms with van der Waals surface area (Å²) in [6.07, 6.45) is 2.15. The highest BCUT2D eigenvalue weighted by molar-refractivity contribution is 6.05. The average molecular weight is 419 g/mol. The van der Waals surface area contributed by atoms with Crippen molar-refractivity contribution in [2.24, 2.45) is 5.73 Å². The number of aryl methyl sites for hydroxylation is 1. The molecule has 0 aliphatic heterocycles. The van der Waals surface area contributed by atoms with E-state index in [0.717, 1.165) is 5.56 Å². The number of anilines is 2. The van der Waals surface area contributed by atoms with Crippen molar-refractivity contribution in [1.29, 1.82) is 0 Å². The van der Waals surface area contributed by atoms with Gasteiger partial charge in [0, 0.05) is 30.3 Å². The molecule has 2 aromatic carbocycles. The lowest BCUT2D eigenvalue weighted by Crippen LogP contribution is -2.22. The van der Waals surface area contributed by atoms with Gasteiger partial charge in [-0.3, -0.25) is 19.7 Å². The molecule has 0 radical (unpaired) electrons. The molecule has 0 fully saturated rings. The largest absolute Gasteiger partial charge is 0.382 e. The molecule has 9 nitrogen and oxygen atoms in total. The number of nitro benzene ring substituents is 1.